The number of carbonyl (C=O) groups is 1. The third-order valence-electron chi connectivity index (χ3n) is 13.5. The third kappa shape index (κ3) is 16.0. The van der Waals surface area contributed by atoms with E-state index in [0.29, 0.717) is 28.2 Å². The molecule has 3 aromatic carbocycles. The van der Waals surface area contributed by atoms with Crippen LogP contribution in [0.2, 0.25) is 0 Å². The number of carbonyl (C=O) groups excluding carboxylic acids is 1. The van der Waals surface area contributed by atoms with Gasteiger partial charge in [-0.25, -0.2) is 0 Å². The number of hydrogen-bond donors (Lipinski definition) is 0. The van der Waals surface area contributed by atoms with Crippen molar-refractivity contribution in [2.75, 3.05) is 0 Å². The first kappa shape index (κ1) is 70.5. The average Bonchev–Trinajstić information content (AvgIpc) is 3.69. The molecule has 0 radical (unpaired) electrons. The highest BCUT2D eigenvalue weighted by atomic mass is 16.5. The molecule has 1 aliphatic carbocycles. The molecule has 3 aromatic rings. The van der Waals surface area contributed by atoms with Crippen molar-refractivity contribution in [3.05, 3.63) is 95.1 Å². The second-order valence-corrected chi connectivity index (χ2v) is 22.6. The molecule has 0 aromatic heterocycles. The summed E-state index contributed by atoms with van der Waals surface area (Å²) < 4.78 is 12.9. The maximum Gasteiger partial charge on any atom is 0.170 e. The van der Waals surface area contributed by atoms with Gasteiger partial charge in [0.05, 0.1) is 12.0 Å². The standard InChI is InChI=1S/C17H24O2.C17H26O.C17H26.6C2H6.CH4/c1-15(2,3)17(16(4,5)6)11-13(18)12-9-7-8-10-14(12)19-17;1-15(2,3)17(16(4,5)6)12-11-13-9-7-8-10-14(13)18-17;1-15(2,3)17(16(4,5)6)12-11-13-9-7-8-10-14(13)17;6*1-2;/h7-10H,11H2,1-6H3;7-10H,11-12H2,1-6H3;7-10H,11-12H2,1-6H3;6*1-2H3;1H4. The van der Waals surface area contributed by atoms with Crippen molar-refractivity contribution >= 4 is 5.78 Å². The van der Waals surface area contributed by atoms with Crippen LogP contribution in [-0.4, -0.2) is 17.0 Å². The van der Waals surface area contributed by atoms with Gasteiger partial charge in [-0.1, -0.05) is 270 Å². The van der Waals surface area contributed by atoms with Gasteiger partial charge in [-0.15, -0.1) is 0 Å². The first-order valence-corrected chi connectivity index (χ1v) is 26.6. The molecule has 2 aliphatic heterocycles. The highest BCUT2D eigenvalue weighted by molar-refractivity contribution is 6.00. The van der Waals surface area contributed by atoms with Gasteiger partial charge < -0.3 is 9.47 Å². The predicted molar refractivity (Wildman–Crippen MR) is 305 cm³/mol. The van der Waals surface area contributed by atoms with Crippen LogP contribution in [0.1, 0.15) is 261 Å². The summed E-state index contributed by atoms with van der Waals surface area (Å²) >= 11 is 0. The fourth-order valence-electron chi connectivity index (χ4n) is 11.1. The molecular formula is C64H116O3. The Hall–Kier alpha value is -3.07. The minimum atomic E-state index is -0.481. The van der Waals surface area contributed by atoms with E-state index in [1.54, 1.807) is 11.1 Å². The molecule has 0 saturated carbocycles. The van der Waals surface area contributed by atoms with E-state index in [2.05, 4.69) is 173 Å². The van der Waals surface area contributed by atoms with Crippen molar-refractivity contribution in [3.63, 3.8) is 0 Å². The molecule has 2 heterocycles. The summed E-state index contributed by atoms with van der Waals surface area (Å²) in [5.41, 5.74) is 5.57. The van der Waals surface area contributed by atoms with Crippen molar-refractivity contribution in [1.29, 1.82) is 0 Å². The fraction of sp³-hybridized carbons (Fsp3) is 0.703. The van der Waals surface area contributed by atoms with Gasteiger partial charge in [0, 0.05) is 27.1 Å². The Morgan fingerprint density at radius 2 is 0.716 bits per heavy atom. The lowest BCUT2D eigenvalue weighted by Gasteiger charge is -2.55. The number of rotatable bonds is 0. The van der Waals surface area contributed by atoms with Crippen molar-refractivity contribution in [3.8, 4) is 11.5 Å². The molecule has 0 saturated heterocycles. The van der Waals surface area contributed by atoms with Crippen LogP contribution in [0.15, 0.2) is 72.8 Å². The summed E-state index contributed by atoms with van der Waals surface area (Å²) in [6, 6.07) is 25.1. The van der Waals surface area contributed by atoms with Crippen LogP contribution in [0.5, 0.6) is 11.5 Å². The zero-order chi connectivity index (χ0) is 53.0. The molecule has 0 N–H and O–H groups in total. The van der Waals surface area contributed by atoms with Gasteiger partial charge in [0.25, 0.3) is 0 Å². The number of fused-ring (bicyclic) bond motifs is 3. The van der Waals surface area contributed by atoms with Crippen LogP contribution < -0.4 is 9.47 Å². The molecule has 0 atom stereocenters. The highest BCUT2D eigenvalue weighted by Crippen LogP contribution is 2.60. The molecule has 0 amide bonds. The lowest BCUT2D eigenvalue weighted by molar-refractivity contribution is -0.127. The van der Waals surface area contributed by atoms with E-state index in [9.17, 15) is 4.79 Å². The van der Waals surface area contributed by atoms with Gasteiger partial charge in [-0.05, 0) is 71.4 Å². The quantitative estimate of drug-likeness (QED) is 0.225. The van der Waals surface area contributed by atoms with Crippen molar-refractivity contribution < 1.29 is 14.3 Å². The predicted octanol–water partition coefficient (Wildman–Crippen LogP) is 21.1. The van der Waals surface area contributed by atoms with Gasteiger partial charge in [0.15, 0.2) is 5.78 Å². The second kappa shape index (κ2) is 29.2. The number of ketones is 1. The van der Waals surface area contributed by atoms with Crippen molar-refractivity contribution in [1.82, 2.24) is 0 Å². The molecular weight excluding hydrogens is 817 g/mol. The topological polar surface area (TPSA) is 35.5 Å². The number of hydrogen-bond acceptors (Lipinski definition) is 3. The molecule has 0 fully saturated rings. The average molecular weight is 934 g/mol. The van der Waals surface area contributed by atoms with E-state index in [0.717, 1.165) is 24.3 Å². The van der Waals surface area contributed by atoms with Gasteiger partial charge in [0.2, 0.25) is 0 Å². The van der Waals surface area contributed by atoms with Gasteiger partial charge >= 0.3 is 0 Å². The molecule has 3 nitrogen and oxygen atoms in total. The van der Waals surface area contributed by atoms with Crippen LogP contribution in [-0.2, 0) is 18.3 Å². The maximum atomic E-state index is 12.5. The summed E-state index contributed by atoms with van der Waals surface area (Å²) in [6.45, 7) is 65.1. The lowest BCUT2D eigenvalue weighted by atomic mass is 9.51. The Morgan fingerprint density at radius 1 is 0.388 bits per heavy atom. The van der Waals surface area contributed by atoms with Crippen LogP contribution in [0.3, 0.4) is 0 Å². The number of ether oxygens (including phenoxy) is 2. The van der Waals surface area contributed by atoms with Gasteiger partial charge in [-0.2, -0.15) is 0 Å². The Balaban J connectivity index is -0.000000396. The number of aryl methyl sites for hydroxylation is 2. The monoisotopic (exact) mass is 933 g/mol. The van der Waals surface area contributed by atoms with Crippen molar-refractivity contribution in [2.45, 2.75) is 264 Å². The first-order chi connectivity index (χ1) is 30.5. The van der Waals surface area contributed by atoms with Crippen LogP contribution in [0.25, 0.3) is 0 Å². The first-order valence-electron chi connectivity index (χ1n) is 26.6. The summed E-state index contributed by atoms with van der Waals surface area (Å²) in [5.74, 6) is 1.99. The van der Waals surface area contributed by atoms with E-state index < -0.39 is 5.60 Å². The van der Waals surface area contributed by atoms with Crippen LogP contribution in [0, 0.1) is 32.5 Å². The van der Waals surface area contributed by atoms with E-state index in [1.165, 1.54) is 18.4 Å². The van der Waals surface area contributed by atoms with E-state index in [4.69, 9.17) is 9.47 Å². The zero-order valence-electron chi connectivity index (χ0n) is 49.7. The molecule has 3 aliphatic rings. The summed E-state index contributed by atoms with van der Waals surface area (Å²) in [7, 11) is 0. The Bertz CT molecular complexity index is 1720. The number of benzene rings is 3. The van der Waals surface area contributed by atoms with E-state index in [1.807, 2.05) is 107 Å². The van der Waals surface area contributed by atoms with E-state index in [-0.39, 0.29) is 40.5 Å². The molecule has 67 heavy (non-hydrogen) atoms. The summed E-state index contributed by atoms with van der Waals surface area (Å²) in [4.78, 5) is 12.5. The third-order valence-corrected chi connectivity index (χ3v) is 13.5. The normalized spacial score (nSPS) is 15.8. The smallest absolute Gasteiger partial charge is 0.170 e. The highest BCUT2D eigenvalue weighted by Gasteiger charge is 2.57. The minimum Gasteiger partial charge on any atom is -0.486 e. The van der Waals surface area contributed by atoms with E-state index >= 15 is 0 Å². The summed E-state index contributed by atoms with van der Waals surface area (Å²) in [5, 5.41) is 0. The number of Topliss-reactive ketones (excluding diaryl/α,β-unsaturated/α-hetero) is 1. The Morgan fingerprint density at radius 3 is 1.12 bits per heavy atom. The van der Waals surface area contributed by atoms with Crippen molar-refractivity contribution in [2.24, 2.45) is 32.5 Å². The Kier molecular flexibility index (Phi) is 30.7. The molecule has 0 spiro atoms. The molecule has 3 heteroatoms. The summed E-state index contributed by atoms with van der Waals surface area (Å²) in [6.07, 6.45) is 5.18. The van der Waals surface area contributed by atoms with Gasteiger partial charge in [0.1, 0.15) is 22.7 Å². The fourth-order valence-corrected chi connectivity index (χ4v) is 11.1. The molecule has 0 bridgehead atoms. The number of para-hydroxylation sites is 2. The SMILES string of the molecule is C.CC.CC.CC.CC.CC.CC.CC(C)(C)C1(C(C)(C)C)CC(=O)c2ccccc2O1.CC(C)(C)C1(C(C)(C)C)CCc2ccccc21.CC(C)(C)C1(C(C)(C)C)CCc2ccccc2O1. The molecule has 0 unspecified atom stereocenters. The van der Waals surface area contributed by atoms with Crippen LogP contribution >= 0.6 is 0 Å². The Labute approximate surface area is 421 Å². The molecule has 6 rings (SSSR count). The maximum absolute atomic E-state index is 12.5. The zero-order valence-corrected chi connectivity index (χ0v) is 49.7. The molecule has 390 valence electrons. The van der Waals surface area contributed by atoms with Crippen LogP contribution in [0.4, 0.5) is 0 Å². The second-order valence-electron chi connectivity index (χ2n) is 22.6. The minimum absolute atomic E-state index is 0. The lowest BCUT2D eigenvalue weighted by Crippen LogP contribution is -2.60. The largest absolute Gasteiger partial charge is 0.486 e. The van der Waals surface area contributed by atoms with Gasteiger partial charge in [-0.3, -0.25) is 4.79 Å².